The SMILES string of the molecule is CCNC(C)(C#N)CCCOc1cc(C)ccc1F. The highest BCUT2D eigenvalue weighted by atomic mass is 19.1. The molecule has 0 amide bonds. The van der Waals surface area contributed by atoms with Crippen LogP contribution >= 0.6 is 0 Å². The van der Waals surface area contributed by atoms with Crippen molar-refractivity contribution >= 4 is 0 Å². The first-order valence-corrected chi connectivity index (χ1v) is 6.56. The Labute approximate surface area is 114 Å². The van der Waals surface area contributed by atoms with Crippen LogP contribution < -0.4 is 10.1 Å². The molecule has 4 heteroatoms. The van der Waals surface area contributed by atoms with Gasteiger partial charge in [-0.15, -0.1) is 0 Å². The molecular weight excluding hydrogens is 243 g/mol. The van der Waals surface area contributed by atoms with Crippen LogP contribution in [0.5, 0.6) is 5.75 Å². The third-order valence-corrected chi connectivity index (χ3v) is 2.98. The second kappa shape index (κ2) is 7.10. The molecule has 0 radical (unpaired) electrons. The van der Waals surface area contributed by atoms with Crippen molar-refractivity contribution in [3.05, 3.63) is 29.6 Å². The topological polar surface area (TPSA) is 45.0 Å². The average Bonchev–Trinajstić information content (AvgIpc) is 2.39. The summed E-state index contributed by atoms with van der Waals surface area (Å²) in [6, 6.07) is 7.06. The molecule has 104 valence electrons. The maximum atomic E-state index is 13.4. The van der Waals surface area contributed by atoms with E-state index in [2.05, 4.69) is 11.4 Å². The van der Waals surface area contributed by atoms with Crippen molar-refractivity contribution < 1.29 is 9.13 Å². The van der Waals surface area contributed by atoms with Gasteiger partial charge in [-0.25, -0.2) is 4.39 Å². The fraction of sp³-hybridized carbons (Fsp3) is 0.533. The Kier molecular flexibility index (Phi) is 5.78. The Morgan fingerprint density at radius 2 is 2.21 bits per heavy atom. The molecule has 0 aliphatic heterocycles. The van der Waals surface area contributed by atoms with E-state index >= 15 is 0 Å². The Balaban J connectivity index is 2.43. The van der Waals surface area contributed by atoms with Crippen LogP contribution in [0.1, 0.15) is 32.3 Å². The van der Waals surface area contributed by atoms with Crippen LogP contribution in [0.15, 0.2) is 18.2 Å². The van der Waals surface area contributed by atoms with Gasteiger partial charge in [0.25, 0.3) is 0 Å². The van der Waals surface area contributed by atoms with E-state index in [4.69, 9.17) is 10.00 Å². The molecule has 0 saturated carbocycles. The van der Waals surface area contributed by atoms with E-state index in [0.29, 0.717) is 19.4 Å². The van der Waals surface area contributed by atoms with Crippen molar-refractivity contribution in [3.63, 3.8) is 0 Å². The number of hydrogen-bond donors (Lipinski definition) is 1. The molecule has 1 rings (SSSR count). The molecule has 0 heterocycles. The second-order valence-electron chi connectivity index (χ2n) is 4.86. The first-order chi connectivity index (χ1) is 9.00. The van der Waals surface area contributed by atoms with Crippen molar-refractivity contribution in [2.24, 2.45) is 0 Å². The monoisotopic (exact) mass is 264 g/mol. The fourth-order valence-electron chi connectivity index (χ4n) is 1.90. The van der Waals surface area contributed by atoms with Crippen LogP contribution in [0.3, 0.4) is 0 Å². The molecule has 1 unspecified atom stereocenters. The minimum absolute atomic E-state index is 0.280. The maximum Gasteiger partial charge on any atom is 0.165 e. The first kappa shape index (κ1) is 15.5. The fourth-order valence-corrected chi connectivity index (χ4v) is 1.90. The number of nitriles is 1. The quantitative estimate of drug-likeness (QED) is 0.769. The third-order valence-electron chi connectivity index (χ3n) is 2.98. The van der Waals surface area contributed by atoms with Gasteiger partial charge in [0.1, 0.15) is 5.54 Å². The van der Waals surface area contributed by atoms with Gasteiger partial charge in [0.15, 0.2) is 11.6 Å². The van der Waals surface area contributed by atoms with Crippen molar-refractivity contribution in [3.8, 4) is 11.8 Å². The molecule has 19 heavy (non-hydrogen) atoms. The summed E-state index contributed by atoms with van der Waals surface area (Å²) in [7, 11) is 0. The predicted octanol–water partition coefficient (Wildman–Crippen LogP) is 3.18. The zero-order chi connectivity index (χ0) is 14.3. The molecule has 1 aromatic rings. The number of nitrogens with one attached hydrogen (secondary N) is 1. The largest absolute Gasteiger partial charge is 0.491 e. The second-order valence-corrected chi connectivity index (χ2v) is 4.86. The minimum Gasteiger partial charge on any atom is -0.491 e. The number of rotatable bonds is 7. The van der Waals surface area contributed by atoms with E-state index in [9.17, 15) is 4.39 Å². The normalized spacial score (nSPS) is 13.6. The van der Waals surface area contributed by atoms with Crippen LogP contribution in [0.2, 0.25) is 0 Å². The number of benzene rings is 1. The molecule has 0 saturated heterocycles. The molecule has 1 aromatic carbocycles. The van der Waals surface area contributed by atoms with Gasteiger partial charge in [0, 0.05) is 0 Å². The number of halogens is 1. The number of aryl methyl sites for hydroxylation is 1. The Morgan fingerprint density at radius 3 is 2.84 bits per heavy atom. The summed E-state index contributed by atoms with van der Waals surface area (Å²) in [4.78, 5) is 0. The van der Waals surface area contributed by atoms with E-state index < -0.39 is 5.54 Å². The Morgan fingerprint density at radius 1 is 1.47 bits per heavy atom. The number of nitrogens with zero attached hydrogens (tertiary/aromatic N) is 1. The highest BCUT2D eigenvalue weighted by molar-refractivity contribution is 5.29. The molecule has 3 nitrogen and oxygen atoms in total. The van der Waals surface area contributed by atoms with E-state index in [0.717, 1.165) is 12.1 Å². The lowest BCUT2D eigenvalue weighted by atomic mass is 9.98. The predicted molar refractivity (Wildman–Crippen MR) is 73.6 cm³/mol. The number of ether oxygens (including phenoxy) is 1. The van der Waals surface area contributed by atoms with Crippen molar-refractivity contribution in [2.75, 3.05) is 13.2 Å². The lowest BCUT2D eigenvalue weighted by molar-refractivity contribution is 0.275. The lowest BCUT2D eigenvalue weighted by Crippen LogP contribution is -2.40. The summed E-state index contributed by atoms with van der Waals surface area (Å²) in [5.74, 6) is -0.0672. The Hall–Kier alpha value is -1.60. The molecular formula is C15H21FN2O. The molecule has 0 spiro atoms. The van der Waals surface area contributed by atoms with Gasteiger partial charge in [-0.3, -0.25) is 5.32 Å². The van der Waals surface area contributed by atoms with E-state index in [1.165, 1.54) is 6.07 Å². The summed E-state index contributed by atoms with van der Waals surface area (Å²) in [5.41, 5.74) is 0.425. The molecule has 0 aromatic heterocycles. The molecule has 0 bridgehead atoms. The van der Waals surface area contributed by atoms with Crippen molar-refractivity contribution in [1.29, 1.82) is 5.26 Å². The van der Waals surface area contributed by atoms with Crippen LogP contribution in [0.4, 0.5) is 4.39 Å². The van der Waals surface area contributed by atoms with Crippen LogP contribution in [-0.4, -0.2) is 18.7 Å². The van der Waals surface area contributed by atoms with Crippen LogP contribution in [-0.2, 0) is 0 Å². The average molecular weight is 264 g/mol. The minimum atomic E-state index is -0.538. The van der Waals surface area contributed by atoms with E-state index in [-0.39, 0.29) is 11.6 Å². The van der Waals surface area contributed by atoms with Gasteiger partial charge in [-0.1, -0.05) is 13.0 Å². The molecule has 0 aliphatic carbocycles. The van der Waals surface area contributed by atoms with Gasteiger partial charge in [-0.05, 0) is 50.9 Å². The summed E-state index contributed by atoms with van der Waals surface area (Å²) < 4.78 is 18.9. The standard InChI is InChI=1S/C15H21FN2O/c1-4-18-15(3,11-17)8-5-9-19-14-10-12(2)6-7-13(14)16/h6-7,10,18H,4-5,8-9H2,1-3H3. The van der Waals surface area contributed by atoms with Gasteiger partial charge in [-0.2, -0.15) is 5.26 Å². The first-order valence-electron chi connectivity index (χ1n) is 6.56. The zero-order valence-corrected chi connectivity index (χ0v) is 11.8. The highest BCUT2D eigenvalue weighted by Gasteiger charge is 2.21. The van der Waals surface area contributed by atoms with Crippen LogP contribution in [0, 0.1) is 24.1 Å². The molecule has 0 fully saturated rings. The van der Waals surface area contributed by atoms with E-state index in [1.807, 2.05) is 20.8 Å². The van der Waals surface area contributed by atoms with Crippen molar-refractivity contribution in [1.82, 2.24) is 5.32 Å². The highest BCUT2D eigenvalue weighted by Crippen LogP contribution is 2.19. The smallest absolute Gasteiger partial charge is 0.165 e. The van der Waals surface area contributed by atoms with Crippen molar-refractivity contribution in [2.45, 2.75) is 39.2 Å². The van der Waals surface area contributed by atoms with Gasteiger partial charge < -0.3 is 4.74 Å². The van der Waals surface area contributed by atoms with E-state index in [1.54, 1.807) is 12.1 Å². The number of hydrogen-bond acceptors (Lipinski definition) is 3. The maximum absolute atomic E-state index is 13.4. The molecule has 1 N–H and O–H groups in total. The van der Waals surface area contributed by atoms with Gasteiger partial charge in [0.2, 0.25) is 0 Å². The molecule has 1 atom stereocenters. The van der Waals surface area contributed by atoms with Gasteiger partial charge in [0.05, 0.1) is 12.7 Å². The molecule has 0 aliphatic rings. The summed E-state index contributed by atoms with van der Waals surface area (Å²) in [5, 5.41) is 12.2. The zero-order valence-electron chi connectivity index (χ0n) is 11.8. The lowest BCUT2D eigenvalue weighted by Gasteiger charge is -2.22. The summed E-state index contributed by atoms with van der Waals surface area (Å²) in [6.45, 7) is 6.88. The Bertz CT molecular complexity index is 456. The summed E-state index contributed by atoms with van der Waals surface area (Å²) in [6.07, 6.45) is 1.37. The van der Waals surface area contributed by atoms with Crippen LogP contribution in [0.25, 0.3) is 0 Å². The third kappa shape index (κ3) is 4.88. The summed E-state index contributed by atoms with van der Waals surface area (Å²) >= 11 is 0. The van der Waals surface area contributed by atoms with Gasteiger partial charge >= 0.3 is 0 Å².